The maximum Gasteiger partial charge on any atom is 0.219 e. The first kappa shape index (κ1) is 27.1. The van der Waals surface area contributed by atoms with E-state index in [1.54, 1.807) is 14.1 Å². The van der Waals surface area contributed by atoms with Gasteiger partial charge in [-0.3, -0.25) is 9.59 Å². The fraction of sp³-hybridized carbons (Fsp3) is 0.312. The van der Waals surface area contributed by atoms with Crippen LogP contribution in [0.5, 0.6) is 11.5 Å². The second kappa shape index (κ2) is 13.1. The summed E-state index contributed by atoms with van der Waals surface area (Å²) in [5.74, 6) is 1.69. The van der Waals surface area contributed by atoms with Crippen LogP contribution in [0.15, 0.2) is 72.8 Å². The molecule has 0 aliphatic heterocycles. The number of benzene rings is 4. The minimum Gasteiger partial charge on any atom is -0.493 e. The van der Waals surface area contributed by atoms with Crippen molar-refractivity contribution in [2.45, 2.75) is 38.6 Å². The number of aryl methyl sites for hydroxylation is 1. The second-order valence-electron chi connectivity index (χ2n) is 9.44. The Morgan fingerprint density at radius 3 is 2.08 bits per heavy atom. The second-order valence-corrected chi connectivity index (χ2v) is 9.44. The standard InChI is InChI=1S/C32H36N2O4/c1-22(33-2)32(36)28-12-5-10-25-15-17-27(21-30(25)28)38-19-7-18-37-26-16-14-24-9-4-8-23(29(24)20-26)11-6-13-31(35)34-3/h4-5,8-10,12,14-17,20-22,33H,6-7,11,13,18-19H2,1-3H3,(H,34,35). The maximum absolute atomic E-state index is 12.8. The smallest absolute Gasteiger partial charge is 0.219 e. The lowest BCUT2D eigenvalue weighted by Gasteiger charge is -2.13. The highest BCUT2D eigenvalue weighted by atomic mass is 16.5. The summed E-state index contributed by atoms with van der Waals surface area (Å²) in [5, 5.41) is 9.93. The van der Waals surface area contributed by atoms with Crippen LogP contribution in [-0.4, -0.2) is 45.0 Å². The molecule has 0 aliphatic rings. The molecule has 4 rings (SSSR count). The predicted molar refractivity (Wildman–Crippen MR) is 153 cm³/mol. The molecule has 4 aromatic carbocycles. The van der Waals surface area contributed by atoms with Crippen LogP contribution in [0.4, 0.5) is 0 Å². The molecule has 0 radical (unpaired) electrons. The first-order valence-electron chi connectivity index (χ1n) is 13.2. The van der Waals surface area contributed by atoms with E-state index in [4.69, 9.17) is 9.47 Å². The highest BCUT2D eigenvalue weighted by Crippen LogP contribution is 2.27. The van der Waals surface area contributed by atoms with Crippen molar-refractivity contribution in [3.63, 3.8) is 0 Å². The number of ketones is 1. The van der Waals surface area contributed by atoms with Crippen molar-refractivity contribution in [3.8, 4) is 11.5 Å². The molecule has 4 aromatic rings. The van der Waals surface area contributed by atoms with E-state index in [9.17, 15) is 9.59 Å². The number of ether oxygens (including phenoxy) is 2. The largest absolute Gasteiger partial charge is 0.493 e. The molecule has 0 spiro atoms. The van der Waals surface area contributed by atoms with Gasteiger partial charge in [0.15, 0.2) is 5.78 Å². The van der Waals surface area contributed by atoms with Crippen LogP contribution in [0.2, 0.25) is 0 Å². The molecule has 6 heteroatoms. The van der Waals surface area contributed by atoms with Crippen LogP contribution in [0.25, 0.3) is 21.5 Å². The fourth-order valence-electron chi connectivity index (χ4n) is 4.55. The van der Waals surface area contributed by atoms with Gasteiger partial charge >= 0.3 is 0 Å². The number of likely N-dealkylation sites (N-methyl/N-ethyl adjacent to an activating group) is 1. The zero-order valence-electron chi connectivity index (χ0n) is 22.4. The third kappa shape index (κ3) is 6.69. The molecule has 0 bridgehead atoms. The van der Waals surface area contributed by atoms with Gasteiger partial charge in [0.25, 0.3) is 0 Å². The third-order valence-corrected chi connectivity index (χ3v) is 6.84. The summed E-state index contributed by atoms with van der Waals surface area (Å²) in [4.78, 5) is 24.4. The summed E-state index contributed by atoms with van der Waals surface area (Å²) in [6.07, 6.45) is 2.89. The van der Waals surface area contributed by atoms with E-state index in [0.717, 1.165) is 52.3 Å². The van der Waals surface area contributed by atoms with Crippen LogP contribution in [0.3, 0.4) is 0 Å². The zero-order valence-corrected chi connectivity index (χ0v) is 22.4. The number of carbonyl (C=O) groups is 2. The number of carbonyl (C=O) groups excluding carboxylic acids is 2. The van der Waals surface area contributed by atoms with Gasteiger partial charge in [-0.25, -0.2) is 0 Å². The molecule has 0 aliphatic carbocycles. The van der Waals surface area contributed by atoms with Crippen LogP contribution in [0.1, 0.15) is 42.1 Å². The van der Waals surface area contributed by atoms with E-state index in [1.165, 1.54) is 5.56 Å². The lowest BCUT2D eigenvalue weighted by atomic mass is 9.98. The van der Waals surface area contributed by atoms with Crippen LogP contribution in [-0.2, 0) is 11.2 Å². The zero-order chi connectivity index (χ0) is 26.9. The van der Waals surface area contributed by atoms with Crippen molar-refractivity contribution in [3.05, 3.63) is 83.9 Å². The van der Waals surface area contributed by atoms with E-state index in [1.807, 2.05) is 49.4 Å². The van der Waals surface area contributed by atoms with E-state index in [2.05, 4.69) is 41.0 Å². The summed E-state index contributed by atoms with van der Waals surface area (Å²) in [6, 6.07) is 23.8. The van der Waals surface area contributed by atoms with E-state index >= 15 is 0 Å². The highest BCUT2D eigenvalue weighted by Gasteiger charge is 2.16. The summed E-state index contributed by atoms with van der Waals surface area (Å²) >= 11 is 0. The van der Waals surface area contributed by atoms with Gasteiger partial charge in [-0.2, -0.15) is 0 Å². The van der Waals surface area contributed by atoms with Gasteiger partial charge in [0, 0.05) is 25.5 Å². The van der Waals surface area contributed by atoms with Crippen LogP contribution < -0.4 is 20.1 Å². The van der Waals surface area contributed by atoms with Crippen molar-refractivity contribution in [2.75, 3.05) is 27.3 Å². The first-order valence-corrected chi connectivity index (χ1v) is 13.2. The summed E-state index contributed by atoms with van der Waals surface area (Å²) < 4.78 is 12.0. The number of hydrogen-bond acceptors (Lipinski definition) is 5. The molecule has 0 aromatic heterocycles. The van der Waals surface area contributed by atoms with Crippen molar-refractivity contribution < 1.29 is 19.1 Å². The normalized spacial score (nSPS) is 11.9. The molecule has 0 saturated carbocycles. The summed E-state index contributed by atoms with van der Waals surface area (Å²) in [5.41, 5.74) is 1.92. The van der Waals surface area contributed by atoms with Crippen molar-refractivity contribution in [2.24, 2.45) is 0 Å². The number of nitrogens with one attached hydrogen (secondary N) is 2. The molecule has 38 heavy (non-hydrogen) atoms. The fourth-order valence-corrected chi connectivity index (χ4v) is 4.55. The minimum atomic E-state index is -0.254. The number of amides is 1. The lowest BCUT2D eigenvalue weighted by Crippen LogP contribution is -2.30. The monoisotopic (exact) mass is 512 g/mol. The molecule has 0 fully saturated rings. The number of fused-ring (bicyclic) bond motifs is 2. The van der Waals surface area contributed by atoms with Gasteiger partial charge in [0.1, 0.15) is 11.5 Å². The molecule has 0 saturated heterocycles. The van der Waals surface area contributed by atoms with E-state index in [-0.39, 0.29) is 17.7 Å². The SMILES string of the molecule is CNC(=O)CCCc1cccc2ccc(OCCCOc3ccc4cccc(C(=O)C(C)NC)c4c3)cc12. The molecule has 2 N–H and O–H groups in total. The topological polar surface area (TPSA) is 76.7 Å². The quantitative estimate of drug-likeness (QED) is 0.178. The summed E-state index contributed by atoms with van der Waals surface area (Å²) in [6.45, 7) is 2.90. The van der Waals surface area contributed by atoms with Gasteiger partial charge in [0.2, 0.25) is 5.91 Å². The van der Waals surface area contributed by atoms with Gasteiger partial charge < -0.3 is 20.1 Å². The molecule has 1 unspecified atom stereocenters. The van der Waals surface area contributed by atoms with Gasteiger partial charge in [-0.05, 0) is 78.2 Å². The molecule has 6 nitrogen and oxygen atoms in total. The predicted octanol–water partition coefficient (Wildman–Crippen LogP) is 5.70. The Morgan fingerprint density at radius 1 is 0.789 bits per heavy atom. The van der Waals surface area contributed by atoms with Crippen molar-refractivity contribution in [1.29, 1.82) is 0 Å². The average molecular weight is 513 g/mol. The van der Waals surface area contributed by atoms with E-state index in [0.29, 0.717) is 25.2 Å². The molecule has 0 heterocycles. The molecular weight excluding hydrogens is 476 g/mol. The van der Waals surface area contributed by atoms with Gasteiger partial charge in [-0.15, -0.1) is 0 Å². The average Bonchev–Trinajstić information content (AvgIpc) is 2.95. The van der Waals surface area contributed by atoms with Gasteiger partial charge in [-0.1, -0.05) is 48.5 Å². The Kier molecular flexibility index (Phi) is 9.33. The first-order chi connectivity index (χ1) is 18.5. The third-order valence-electron chi connectivity index (χ3n) is 6.84. The van der Waals surface area contributed by atoms with Crippen molar-refractivity contribution >= 4 is 33.2 Å². The molecule has 1 atom stereocenters. The van der Waals surface area contributed by atoms with Crippen LogP contribution >= 0.6 is 0 Å². The minimum absolute atomic E-state index is 0.0636. The van der Waals surface area contributed by atoms with Crippen molar-refractivity contribution in [1.82, 2.24) is 10.6 Å². The molecule has 198 valence electrons. The Labute approximate surface area is 224 Å². The van der Waals surface area contributed by atoms with Gasteiger partial charge in [0.05, 0.1) is 19.3 Å². The maximum atomic E-state index is 12.8. The Balaban J connectivity index is 1.33. The Morgan fingerprint density at radius 2 is 1.42 bits per heavy atom. The Hall–Kier alpha value is -3.90. The number of rotatable bonds is 13. The number of Topliss-reactive ketones (excluding diaryl/α,β-unsaturated/α-hetero) is 1. The van der Waals surface area contributed by atoms with E-state index < -0.39 is 0 Å². The molecule has 1 amide bonds. The highest BCUT2D eigenvalue weighted by molar-refractivity contribution is 6.10. The lowest BCUT2D eigenvalue weighted by molar-refractivity contribution is -0.120. The molecular formula is C32H36N2O4. The summed E-state index contributed by atoms with van der Waals surface area (Å²) in [7, 11) is 3.46. The Bertz CT molecular complexity index is 1420. The number of hydrogen-bond donors (Lipinski definition) is 2. The van der Waals surface area contributed by atoms with Crippen LogP contribution in [0, 0.1) is 0 Å².